The summed E-state index contributed by atoms with van der Waals surface area (Å²) in [5.74, 6) is -0.0352. The summed E-state index contributed by atoms with van der Waals surface area (Å²) in [6.45, 7) is 3.18. The molecule has 6 heteroatoms. The molecule has 0 radical (unpaired) electrons. The van der Waals surface area contributed by atoms with Crippen molar-refractivity contribution in [1.29, 1.82) is 0 Å². The van der Waals surface area contributed by atoms with Crippen LogP contribution in [0.4, 0.5) is 5.69 Å². The molecule has 0 atom stereocenters. The molecule has 0 aliphatic carbocycles. The van der Waals surface area contributed by atoms with Crippen molar-refractivity contribution >= 4 is 11.5 Å². The predicted octanol–water partition coefficient (Wildman–Crippen LogP) is -0.00530. The third-order valence-electron chi connectivity index (χ3n) is 2.23. The molecule has 1 aromatic heterocycles. The summed E-state index contributed by atoms with van der Waals surface area (Å²) < 4.78 is 0. The number of anilines is 1. The van der Waals surface area contributed by atoms with Crippen molar-refractivity contribution in [2.75, 3.05) is 24.6 Å². The maximum Gasteiger partial charge on any atom is 0.190 e. The van der Waals surface area contributed by atoms with Gasteiger partial charge in [0.05, 0.1) is 12.3 Å². The molecule has 4 N–H and O–H groups in total. The van der Waals surface area contributed by atoms with Gasteiger partial charge in [-0.05, 0) is 19.1 Å². The minimum Gasteiger partial charge on any atom is -0.409 e. The van der Waals surface area contributed by atoms with Gasteiger partial charge >= 0.3 is 0 Å². The Kier molecular flexibility index (Phi) is 4.53. The molecule has 0 aromatic carbocycles. The summed E-state index contributed by atoms with van der Waals surface area (Å²) in [4.78, 5) is 5.96. The number of hydrogen-bond acceptors (Lipinski definition) is 5. The van der Waals surface area contributed by atoms with Gasteiger partial charge in [-0.3, -0.25) is 4.98 Å². The van der Waals surface area contributed by atoms with E-state index in [4.69, 9.17) is 16.0 Å². The molecule has 1 rings (SSSR count). The first-order valence-corrected chi connectivity index (χ1v) is 5.03. The van der Waals surface area contributed by atoms with E-state index in [1.807, 2.05) is 17.9 Å². The number of hydrogen-bond donors (Lipinski definition) is 3. The second kappa shape index (κ2) is 5.92. The van der Waals surface area contributed by atoms with Crippen molar-refractivity contribution < 1.29 is 10.3 Å². The predicted molar refractivity (Wildman–Crippen MR) is 61.7 cm³/mol. The van der Waals surface area contributed by atoms with Crippen molar-refractivity contribution in [2.45, 2.75) is 6.92 Å². The normalized spacial score (nSPS) is 11.5. The molecule has 0 spiro atoms. The minimum atomic E-state index is -0.0352. The van der Waals surface area contributed by atoms with Crippen LogP contribution in [0.5, 0.6) is 0 Å². The van der Waals surface area contributed by atoms with Crippen LogP contribution in [0.1, 0.15) is 12.6 Å². The van der Waals surface area contributed by atoms with Crippen molar-refractivity contribution in [2.24, 2.45) is 10.9 Å². The number of aliphatic hydroxyl groups is 1. The third-order valence-corrected chi connectivity index (χ3v) is 2.23. The van der Waals surface area contributed by atoms with Crippen LogP contribution in [0, 0.1) is 0 Å². The highest BCUT2D eigenvalue weighted by Crippen LogP contribution is 2.17. The maximum atomic E-state index is 8.94. The lowest BCUT2D eigenvalue weighted by Crippen LogP contribution is -2.29. The molecular formula is C10H16N4O2. The van der Waals surface area contributed by atoms with E-state index >= 15 is 0 Å². The monoisotopic (exact) mass is 224 g/mol. The average Bonchev–Trinajstić information content (AvgIpc) is 2.35. The summed E-state index contributed by atoms with van der Waals surface area (Å²) in [7, 11) is 0. The number of nitrogens with two attached hydrogens (primary N) is 1. The van der Waals surface area contributed by atoms with E-state index in [-0.39, 0.29) is 12.4 Å². The van der Waals surface area contributed by atoms with Gasteiger partial charge in [-0.2, -0.15) is 0 Å². The summed E-state index contributed by atoms with van der Waals surface area (Å²) in [5.41, 5.74) is 6.69. The van der Waals surface area contributed by atoms with Crippen molar-refractivity contribution in [1.82, 2.24) is 4.98 Å². The lowest BCUT2D eigenvalue weighted by Gasteiger charge is -2.23. The van der Waals surface area contributed by atoms with Crippen molar-refractivity contribution in [3.05, 3.63) is 24.0 Å². The van der Waals surface area contributed by atoms with Crippen LogP contribution >= 0.6 is 0 Å². The smallest absolute Gasteiger partial charge is 0.190 e. The molecule has 1 aromatic rings. The molecule has 0 saturated heterocycles. The third kappa shape index (κ3) is 2.60. The number of oxime groups is 1. The maximum absolute atomic E-state index is 8.94. The Balaban J connectivity index is 3.10. The fraction of sp³-hybridized carbons (Fsp3) is 0.400. The van der Waals surface area contributed by atoms with Gasteiger partial charge in [-0.25, -0.2) is 0 Å². The van der Waals surface area contributed by atoms with Crippen LogP contribution in [-0.2, 0) is 0 Å². The molecule has 0 bridgehead atoms. The van der Waals surface area contributed by atoms with Crippen LogP contribution in [0.25, 0.3) is 0 Å². The molecule has 0 aliphatic heterocycles. The van der Waals surface area contributed by atoms with E-state index < -0.39 is 0 Å². The average molecular weight is 224 g/mol. The van der Waals surface area contributed by atoms with Crippen molar-refractivity contribution in [3.8, 4) is 0 Å². The van der Waals surface area contributed by atoms with E-state index in [0.717, 1.165) is 5.69 Å². The molecule has 0 fully saturated rings. The van der Waals surface area contributed by atoms with Gasteiger partial charge in [0.2, 0.25) is 0 Å². The number of aliphatic hydroxyl groups excluding tert-OH is 1. The number of nitrogens with zero attached hydrogens (tertiary/aromatic N) is 3. The summed E-state index contributed by atoms with van der Waals surface area (Å²) >= 11 is 0. The molecule has 0 aliphatic rings. The first-order chi connectivity index (χ1) is 7.74. The van der Waals surface area contributed by atoms with Crippen LogP contribution in [0.3, 0.4) is 0 Å². The second-order valence-electron chi connectivity index (χ2n) is 3.16. The number of amidine groups is 1. The van der Waals surface area contributed by atoms with Crippen LogP contribution in [-0.4, -0.2) is 40.8 Å². The van der Waals surface area contributed by atoms with Gasteiger partial charge in [0.25, 0.3) is 0 Å². The Morgan fingerprint density at radius 2 is 2.38 bits per heavy atom. The lowest BCUT2D eigenvalue weighted by molar-refractivity contribution is 0.302. The van der Waals surface area contributed by atoms with E-state index in [1.165, 1.54) is 0 Å². The van der Waals surface area contributed by atoms with Crippen molar-refractivity contribution in [3.63, 3.8) is 0 Å². The largest absolute Gasteiger partial charge is 0.409 e. The first-order valence-electron chi connectivity index (χ1n) is 5.03. The Bertz CT molecular complexity index is 368. The SMILES string of the molecule is CCN(CCO)c1cccnc1/C(N)=N/O. The topological polar surface area (TPSA) is 95.0 Å². The highest BCUT2D eigenvalue weighted by molar-refractivity contribution is 6.00. The molecular weight excluding hydrogens is 208 g/mol. The summed E-state index contributed by atoms with van der Waals surface area (Å²) in [6, 6.07) is 3.59. The van der Waals surface area contributed by atoms with E-state index in [1.54, 1.807) is 12.3 Å². The summed E-state index contributed by atoms with van der Waals surface area (Å²) in [6.07, 6.45) is 1.57. The Morgan fingerprint density at radius 3 is 2.94 bits per heavy atom. The highest BCUT2D eigenvalue weighted by Gasteiger charge is 2.13. The highest BCUT2D eigenvalue weighted by atomic mass is 16.4. The zero-order chi connectivity index (χ0) is 12.0. The van der Waals surface area contributed by atoms with E-state index in [9.17, 15) is 0 Å². The number of aromatic nitrogens is 1. The zero-order valence-electron chi connectivity index (χ0n) is 9.17. The van der Waals surface area contributed by atoms with Gasteiger partial charge in [0.1, 0.15) is 5.69 Å². The first kappa shape index (κ1) is 12.3. The molecule has 0 amide bonds. The fourth-order valence-electron chi connectivity index (χ4n) is 1.47. The summed E-state index contributed by atoms with van der Waals surface area (Å²) in [5, 5.41) is 20.5. The van der Waals surface area contributed by atoms with Crippen LogP contribution < -0.4 is 10.6 Å². The van der Waals surface area contributed by atoms with Gasteiger partial charge in [0.15, 0.2) is 5.84 Å². The Hall–Kier alpha value is -1.82. The number of rotatable bonds is 5. The second-order valence-corrected chi connectivity index (χ2v) is 3.16. The van der Waals surface area contributed by atoms with Gasteiger partial charge in [0, 0.05) is 19.3 Å². The van der Waals surface area contributed by atoms with Gasteiger partial charge in [-0.1, -0.05) is 5.16 Å². The van der Waals surface area contributed by atoms with Gasteiger partial charge < -0.3 is 20.9 Å². The molecule has 16 heavy (non-hydrogen) atoms. The standard InChI is InChI=1S/C10H16N4O2/c1-2-14(6-7-15)8-4-3-5-12-9(8)10(11)13-16/h3-5,15-16H,2,6-7H2,1H3,(H2,11,13). The fourth-order valence-corrected chi connectivity index (χ4v) is 1.47. The molecule has 0 unspecified atom stereocenters. The quantitative estimate of drug-likeness (QED) is 0.283. The molecule has 6 nitrogen and oxygen atoms in total. The van der Waals surface area contributed by atoms with Gasteiger partial charge in [-0.15, -0.1) is 0 Å². The number of pyridine rings is 1. The number of likely N-dealkylation sites (N-methyl/N-ethyl adjacent to an activating group) is 1. The Morgan fingerprint density at radius 1 is 1.62 bits per heavy atom. The lowest BCUT2D eigenvalue weighted by atomic mass is 10.2. The molecule has 1 heterocycles. The Labute approximate surface area is 94.0 Å². The van der Waals surface area contributed by atoms with E-state index in [2.05, 4.69) is 10.1 Å². The minimum absolute atomic E-state index is 0.0352. The van der Waals surface area contributed by atoms with Crippen LogP contribution in [0.15, 0.2) is 23.5 Å². The van der Waals surface area contributed by atoms with E-state index in [0.29, 0.717) is 18.8 Å². The zero-order valence-corrected chi connectivity index (χ0v) is 9.17. The molecule has 0 saturated carbocycles. The molecule has 88 valence electrons. The van der Waals surface area contributed by atoms with Crippen LogP contribution in [0.2, 0.25) is 0 Å².